The summed E-state index contributed by atoms with van der Waals surface area (Å²) in [5, 5.41) is 0. The Kier molecular flexibility index (Phi) is 3.33. The fourth-order valence-electron chi connectivity index (χ4n) is 1.09. The fraction of sp³-hybridized carbons (Fsp3) is 0.375. The fourth-order valence-corrected chi connectivity index (χ4v) is 1.09. The molecule has 0 bridgehead atoms. The highest BCUT2D eigenvalue weighted by Crippen LogP contribution is 2.11. The molecule has 0 unspecified atom stereocenters. The lowest BCUT2D eigenvalue weighted by Crippen LogP contribution is -2.25. The van der Waals surface area contributed by atoms with Gasteiger partial charge in [0, 0.05) is 0 Å². The van der Waals surface area contributed by atoms with Gasteiger partial charge in [0.05, 0.1) is 19.9 Å². The summed E-state index contributed by atoms with van der Waals surface area (Å²) >= 11 is 0. The molecule has 0 saturated heterocycles. The Labute approximate surface area is 91.3 Å². The van der Waals surface area contributed by atoms with E-state index in [2.05, 4.69) is 19.9 Å². The van der Waals surface area contributed by atoms with Crippen LogP contribution in [0.5, 0.6) is 0 Å². The first-order valence-electron chi connectivity index (χ1n) is 4.29. The zero-order chi connectivity index (χ0) is 12.3. The number of aromatic nitrogens is 2. The average Bonchev–Trinajstić information content (AvgIpc) is 2.55. The number of hydrogen-bond acceptors (Lipinski definition) is 6. The van der Waals surface area contributed by atoms with Gasteiger partial charge >= 0.3 is 12.1 Å². The maximum absolute atomic E-state index is 11.3. The number of ether oxygens (including phenoxy) is 2. The van der Waals surface area contributed by atoms with E-state index < -0.39 is 12.1 Å². The number of rotatable bonds is 2. The van der Waals surface area contributed by atoms with Crippen molar-refractivity contribution >= 4 is 18.0 Å². The number of esters is 1. The van der Waals surface area contributed by atoms with Crippen LogP contribution in [0.15, 0.2) is 0 Å². The molecule has 0 aliphatic heterocycles. The minimum absolute atomic E-state index is 0.0383. The normalized spacial score (nSPS) is 9.69. The van der Waals surface area contributed by atoms with Gasteiger partial charge in [-0.2, -0.15) is 0 Å². The number of carbonyl (C=O) groups is 2. The van der Waals surface area contributed by atoms with E-state index in [-0.39, 0.29) is 11.6 Å². The van der Waals surface area contributed by atoms with Crippen molar-refractivity contribution in [2.24, 2.45) is 0 Å². The number of hydrogen-bond donors (Lipinski definition) is 2. The predicted molar refractivity (Wildman–Crippen MR) is 54.5 cm³/mol. The molecule has 0 radical (unpaired) electrons. The standard InChI is InChI=1S/C8H12N4O4/c1-4-5(6(13)15-2)10-7(9)12(4)11-8(14)16-3/h1-3H3,(H2,9,10)(H,11,14). The Hall–Kier alpha value is -2.25. The molecule has 1 aromatic rings. The summed E-state index contributed by atoms with van der Waals surface area (Å²) < 4.78 is 10.0. The van der Waals surface area contributed by atoms with Crippen molar-refractivity contribution in [1.29, 1.82) is 0 Å². The van der Waals surface area contributed by atoms with Gasteiger partial charge in [-0.15, -0.1) is 0 Å². The van der Waals surface area contributed by atoms with Crippen LogP contribution in [0, 0.1) is 6.92 Å². The average molecular weight is 228 g/mol. The number of amides is 1. The zero-order valence-corrected chi connectivity index (χ0v) is 9.10. The van der Waals surface area contributed by atoms with Crippen LogP contribution in [0.1, 0.15) is 16.2 Å². The molecule has 1 aromatic heterocycles. The minimum Gasteiger partial charge on any atom is -0.464 e. The zero-order valence-electron chi connectivity index (χ0n) is 9.10. The Morgan fingerprint density at radius 1 is 1.38 bits per heavy atom. The molecule has 0 atom stereocenters. The van der Waals surface area contributed by atoms with Gasteiger partial charge in [-0.25, -0.2) is 24.7 Å². The van der Waals surface area contributed by atoms with Gasteiger partial charge in [0.2, 0.25) is 5.95 Å². The van der Waals surface area contributed by atoms with E-state index in [0.29, 0.717) is 5.69 Å². The molecule has 0 aromatic carbocycles. The van der Waals surface area contributed by atoms with Gasteiger partial charge in [-0.05, 0) is 6.92 Å². The lowest BCUT2D eigenvalue weighted by atomic mass is 10.3. The molecule has 1 heterocycles. The van der Waals surface area contributed by atoms with Crippen LogP contribution in [-0.4, -0.2) is 35.9 Å². The van der Waals surface area contributed by atoms with Crippen molar-refractivity contribution in [3.05, 3.63) is 11.4 Å². The Morgan fingerprint density at radius 3 is 2.50 bits per heavy atom. The van der Waals surface area contributed by atoms with E-state index in [4.69, 9.17) is 5.73 Å². The van der Waals surface area contributed by atoms with E-state index in [1.165, 1.54) is 14.2 Å². The first-order valence-corrected chi connectivity index (χ1v) is 4.29. The van der Waals surface area contributed by atoms with E-state index >= 15 is 0 Å². The van der Waals surface area contributed by atoms with Crippen LogP contribution in [0.3, 0.4) is 0 Å². The number of nitrogen functional groups attached to an aromatic ring is 1. The third-order valence-electron chi connectivity index (χ3n) is 1.90. The maximum Gasteiger partial charge on any atom is 0.426 e. The van der Waals surface area contributed by atoms with Crippen molar-refractivity contribution in [3.63, 3.8) is 0 Å². The molecule has 0 aliphatic rings. The van der Waals surface area contributed by atoms with Crippen LogP contribution in [0.4, 0.5) is 10.7 Å². The first-order chi connectivity index (χ1) is 7.51. The molecule has 1 amide bonds. The van der Waals surface area contributed by atoms with Gasteiger partial charge in [-0.1, -0.05) is 0 Å². The molecular weight excluding hydrogens is 216 g/mol. The second-order valence-electron chi connectivity index (χ2n) is 2.83. The molecule has 88 valence electrons. The van der Waals surface area contributed by atoms with Crippen molar-refractivity contribution < 1.29 is 19.1 Å². The quantitative estimate of drug-likeness (QED) is 0.682. The lowest BCUT2D eigenvalue weighted by molar-refractivity contribution is 0.0593. The number of carbonyl (C=O) groups excluding carboxylic acids is 2. The van der Waals surface area contributed by atoms with Crippen LogP contribution in [-0.2, 0) is 9.47 Å². The summed E-state index contributed by atoms with van der Waals surface area (Å²) in [5.74, 6) is -0.669. The Morgan fingerprint density at radius 2 is 2.00 bits per heavy atom. The topological polar surface area (TPSA) is 108 Å². The molecule has 1 rings (SSSR count). The van der Waals surface area contributed by atoms with Crippen LogP contribution >= 0.6 is 0 Å². The molecule has 3 N–H and O–H groups in total. The van der Waals surface area contributed by atoms with E-state index in [0.717, 1.165) is 4.68 Å². The van der Waals surface area contributed by atoms with E-state index in [9.17, 15) is 9.59 Å². The molecule has 8 heteroatoms. The second-order valence-corrected chi connectivity index (χ2v) is 2.83. The van der Waals surface area contributed by atoms with Gasteiger partial charge in [0.1, 0.15) is 0 Å². The van der Waals surface area contributed by atoms with E-state index in [1.807, 2.05) is 0 Å². The molecule has 8 nitrogen and oxygen atoms in total. The number of nitrogens with two attached hydrogens (primary N) is 1. The number of nitrogens with zero attached hydrogens (tertiary/aromatic N) is 2. The third-order valence-corrected chi connectivity index (χ3v) is 1.90. The molecular formula is C8H12N4O4. The summed E-state index contributed by atoms with van der Waals surface area (Å²) in [6.45, 7) is 1.56. The highest BCUT2D eigenvalue weighted by Gasteiger charge is 2.19. The van der Waals surface area contributed by atoms with Crippen molar-refractivity contribution in [3.8, 4) is 0 Å². The lowest BCUT2D eigenvalue weighted by Gasteiger charge is -2.07. The summed E-state index contributed by atoms with van der Waals surface area (Å²) in [5.41, 5.74) is 8.19. The molecule has 0 fully saturated rings. The Bertz CT molecular complexity index is 426. The van der Waals surface area contributed by atoms with E-state index in [1.54, 1.807) is 6.92 Å². The first kappa shape index (κ1) is 11.8. The highest BCUT2D eigenvalue weighted by molar-refractivity contribution is 5.89. The van der Waals surface area contributed by atoms with Crippen molar-refractivity contribution in [2.75, 3.05) is 25.4 Å². The smallest absolute Gasteiger partial charge is 0.426 e. The van der Waals surface area contributed by atoms with Crippen LogP contribution in [0.2, 0.25) is 0 Å². The summed E-state index contributed by atoms with van der Waals surface area (Å²) in [7, 11) is 2.43. The molecule has 0 saturated carbocycles. The number of nitrogens with one attached hydrogen (secondary N) is 1. The highest BCUT2D eigenvalue weighted by atomic mass is 16.5. The predicted octanol–water partition coefficient (Wildman–Crippen LogP) is -0.130. The molecule has 0 aliphatic carbocycles. The van der Waals surface area contributed by atoms with Gasteiger partial charge in [0.25, 0.3) is 0 Å². The summed E-state index contributed by atoms with van der Waals surface area (Å²) in [6.07, 6.45) is -0.719. The monoisotopic (exact) mass is 228 g/mol. The summed E-state index contributed by atoms with van der Waals surface area (Å²) in [6, 6.07) is 0. The van der Waals surface area contributed by atoms with Crippen LogP contribution in [0.25, 0.3) is 0 Å². The minimum atomic E-state index is -0.719. The third kappa shape index (κ3) is 2.05. The van der Waals surface area contributed by atoms with Gasteiger partial charge < -0.3 is 15.2 Å². The van der Waals surface area contributed by atoms with Crippen molar-refractivity contribution in [1.82, 2.24) is 9.66 Å². The summed E-state index contributed by atoms with van der Waals surface area (Å²) in [4.78, 5) is 26.0. The number of imidazole rings is 1. The second kappa shape index (κ2) is 4.51. The van der Waals surface area contributed by atoms with Gasteiger partial charge in [-0.3, -0.25) is 0 Å². The maximum atomic E-state index is 11.3. The number of anilines is 1. The number of methoxy groups -OCH3 is 2. The molecule has 0 spiro atoms. The van der Waals surface area contributed by atoms with Crippen molar-refractivity contribution in [2.45, 2.75) is 6.92 Å². The van der Waals surface area contributed by atoms with Gasteiger partial charge in [0.15, 0.2) is 5.69 Å². The van der Waals surface area contributed by atoms with Crippen LogP contribution < -0.4 is 11.2 Å². The largest absolute Gasteiger partial charge is 0.464 e. The molecule has 16 heavy (non-hydrogen) atoms. The SMILES string of the molecule is COC(=O)Nn1c(N)nc(C(=O)OC)c1C. The Balaban J connectivity index is 3.07.